The minimum absolute atomic E-state index is 0.0785. The van der Waals surface area contributed by atoms with Crippen LogP contribution in [0, 0.1) is 0 Å². The van der Waals surface area contributed by atoms with Crippen LogP contribution in [0.4, 0.5) is 26.3 Å². The quantitative estimate of drug-likeness (QED) is 0.658. The lowest BCUT2D eigenvalue weighted by molar-refractivity contribution is -0.142. The van der Waals surface area contributed by atoms with Crippen molar-refractivity contribution in [2.24, 2.45) is 0 Å². The van der Waals surface area contributed by atoms with Crippen molar-refractivity contribution in [2.75, 3.05) is 0 Å². The molecule has 8 heteroatoms. The fourth-order valence-electron chi connectivity index (χ4n) is 1.45. The highest BCUT2D eigenvalue weighted by molar-refractivity contribution is 7.11. The van der Waals surface area contributed by atoms with Crippen LogP contribution in [0.1, 0.15) is 11.1 Å². The highest BCUT2D eigenvalue weighted by atomic mass is 32.1. The van der Waals surface area contributed by atoms with Crippen LogP contribution in [-0.2, 0) is 12.4 Å². The molecule has 108 valence electrons. The second-order valence-corrected chi connectivity index (χ2v) is 4.65. The molecular weight excluding hydrogens is 306 g/mol. The number of ether oxygens (including phenoxy) is 1. The summed E-state index contributed by atoms with van der Waals surface area (Å²) < 4.78 is 80.8. The molecule has 2 aromatic rings. The van der Waals surface area contributed by atoms with Gasteiger partial charge in [-0.15, -0.1) is 11.3 Å². The first-order chi connectivity index (χ1) is 9.18. The zero-order chi connectivity index (χ0) is 15.0. The molecule has 1 aromatic heterocycles. The van der Waals surface area contributed by atoms with Crippen LogP contribution in [0.5, 0.6) is 10.8 Å². The minimum Gasteiger partial charge on any atom is -0.446 e. The summed E-state index contributed by atoms with van der Waals surface area (Å²) in [6, 6.07) is 3.98. The first kappa shape index (κ1) is 14.7. The first-order valence-corrected chi connectivity index (χ1v) is 6.05. The van der Waals surface area contributed by atoms with Gasteiger partial charge in [-0.05, 0) is 35.7 Å². The predicted molar refractivity (Wildman–Crippen MR) is 60.8 cm³/mol. The molecule has 1 aromatic carbocycles. The topological polar surface area (TPSA) is 9.23 Å². The summed E-state index contributed by atoms with van der Waals surface area (Å²) in [7, 11) is 0. The maximum Gasteiger partial charge on any atom is 0.419 e. The van der Waals surface area contributed by atoms with E-state index >= 15 is 0 Å². The molecule has 0 unspecified atom stereocenters. The van der Waals surface area contributed by atoms with Gasteiger partial charge < -0.3 is 4.74 Å². The Morgan fingerprint density at radius 3 is 2.10 bits per heavy atom. The predicted octanol–water partition coefficient (Wildman–Crippen LogP) is 5.58. The summed E-state index contributed by atoms with van der Waals surface area (Å²) in [5, 5.41) is 1.62. The van der Waals surface area contributed by atoms with Gasteiger partial charge in [0.05, 0.1) is 11.1 Å². The molecule has 0 spiro atoms. The molecule has 0 saturated carbocycles. The van der Waals surface area contributed by atoms with Gasteiger partial charge in [-0.1, -0.05) is 0 Å². The zero-order valence-corrected chi connectivity index (χ0v) is 10.4. The van der Waals surface area contributed by atoms with Crippen molar-refractivity contribution in [1.29, 1.82) is 0 Å². The van der Waals surface area contributed by atoms with Crippen molar-refractivity contribution in [2.45, 2.75) is 12.4 Å². The van der Waals surface area contributed by atoms with Crippen LogP contribution in [0.15, 0.2) is 35.7 Å². The Kier molecular flexibility index (Phi) is 3.68. The molecule has 0 aliphatic rings. The van der Waals surface area contributed by atoms with Gasteiger partial charge in [-0.25, -0.2) is 0 Å². The maximum atomic E-state index is 12.7. The first-order valence-electron chi connectivity index (χ1n) is 5.18. The summed E-state index contributed by atoms with van der Waals surface area (Å²) in [5.41, 5.74) is -2.45. The van der Waals surface area contributed by atoms with Gasteiger partial charge >= 0.3 is 12.4 Å². The fraction of sp³-hybridized carbons (Fsp3) is 0.167. The van der Waals surface area contributed by atoms with Crippen LogP contribution >= 0.6 is 11.3 Å². The van der Waals surface area contributed by atoms with E-state index in [1.807, 2.05) is 0 Å². The van der Waals surface area contributed by atoms with Gasteiger partial charge in [0.15, 0.2) is 5.06 Å². The van der Waals surface area contributed by atoms with Gasteiger partial charge in [0.2, 0.25) is 0 Å². The lowest BCUT2D eigenvalue weighted by atomic mass is 10.1. The third-order valence-corrected chi connectivity index (χ3v) is 3.06. The molecule has 0 aliphatic carbocycles. The molecule has 0 bridgehead atoms. The molecule has 20 heavy (non-hydrogen) atoms. The highest BCUT2D eigenvalue weighted by Gasteiger charge is 2.38. The number of thiophene rings is 1. The third kappa shape index (κ3) is 3.24. The summed E-state index contributed by atoms with van der Waals surface area (Å²) in [5.74, 6) is -0.866. The van der Waals surface area contributed by atoms with Gasteiger partial charge in [0.1, 0.15) is 5.75 Å². The number of hydrogen-bond donors (Lipinski definition) is 0. The molecule has 0 amide bonds. The summed E-state index contributed by atoms with van der Waals surface area (Å²) in [6.07, 6.45) is -9.53. The van der Waals surface area contributed by atoms with Crippen molar-refractivity contribution < 1.29 is 31.1 Å². The SMILES string of the molecule is FC(F)(F)c1ccc(C(F)(F)F)c(Oc2cccs2)c1. The number of benzene rings is 1. The van der Waals surface area contributed by atoms with Crippen molar-refractivity contribution in [3.05, 3.63) is 46.8 Å². The van der Waals surface area contributed by atoms with Gasteiger partial charge in [0, 0.05) is 0 Å². The maximum absolute atomic E-state index is 12.7. The van der Waals surface area contributed by atoms with Crippen molar-refractivity contribution in [3.63, 3.8) is 0 Å². The summed E-state index contributed by atoms with van der Waals surface area (Å²) in [4.78, 5) is 0. The zero-order valence-electron chi connectivity index (χ0n) is 9.55. The Bertz CT molecular complexity index is 585. The van der Waals surface area contributed by atoms with E-state index < -0.39 is 29.2 Å². The molecule has 0 N–H and O–H groups in total. The summed E-state index contributed by atoms with van der Waals surface area (Å²) in [6.45, 7) is 0. The van der Waals surface area contributed by atoms with Gasteiger partial charge in [-0.2, -0.15) is 26.3 Å². The lowest BCUT2D eigenvalue weighted by Gasteiger charge is -2.15. The van der Waals surface area contributed by atoms with E-state index in [2.05, 4.69) is 0 Å². The van der Waals surface area contributed by atoms with E-state index in [4.69, 9.17) is 4.74 Å². The molecule has 1 heterocycles. The molecule has 2 rings (SSSR count). The van der Waals surface area contributed by atoms with E-state index in [1.54, 1.807) is 0 Å². The molecule has 0 saturated heterocycles. The molecule has 0 atom stereocenters. The normalized spacial score (nSPS) is 12.5. The number of alkyl halides is 6. The number of rotatable bonds is 2. The van der Waals surface area contributed by atoms with Crippen LogP contribution < -0.4 is 4.74 Å². The van der Waals surface area contributed by atoms with E-state index in [0.717, 1.165) is 11.3 Å². The van der Waals surface area contributed by atoms with E-state index in [0.29, 0.717) is 18.2 Å². The second-order valence-electron chi connectivity index (χ2n) is 3.74. The Labute approximate surface area is 113 Å². The number of hydrogen-bond acceptors (Lipinski definition) is 2. The van der Waals surface area contributed by atoms with Crippen molar-refractivity contribution in [1.82, 2.24) is 0 Å². The minimum atomic E-state index is -4.79. The van der Waals surface area contributed by atoms with Gasteiger partial charge in [-0.3, -0.25) is 0 Å². The Balaban J connectivity index is 2.48. The molecule has 0 radical (unpaired) electrons. The van der Waals surface area contributed by atoms with Crippen molar-refractivity contribution in [3.8, 4) is 10.8 Å². The standard InChI is InChI=1S/C12H6F6OS/c13-11(14,15)7-3-4-8(12(16,17)18)9(6-7)19-10-2-1-5-20-10/h1-6H. The van der Waals surface area contributed by atoms with Crippen LogP contribution in [0.3, 0.4) is 0 Å². The van der Waals surface area contributed by atoms with Gasteiger partial charge in [0.25, 0.3) is 0 Å². The lowest BCUT2D eigenvalue weighted by Crippen LogP contribution is -2.10. The van der Waals surface area contributed by atoms with Crippen LogP contribution in [0.2, 0.25) is 0 Å². The second kappa shape index (κ2) is 5.01. The van der Waals surface area contributed by atoms with Crippen LogP contribution in [-0.4, -0.2) is 0 Å². The van der Waals surface area contributed by atoms with E-state index in [-0.39, 0.29) is 5.06 Å². The Morgan fingerprint density at radius 1 is 0.900 bits per heavy atom. The highest BCUT2D eigenvalue weighted by Crippen LogP contribution is 2.42. The summed E-state index contributed by atoms with van der Waals surface area (Å²) >= 11 is 0.980. The third-order valence-electron chi connectivity index (χ3n) is 2.32. The fourth-order valence-corrected chi connectivity index (χ4v) is 2.03. The van der Waals surface area contributed by atoms with E-state index in [9.17, 15) is 26.3 Å². The Morgan fingerprint density at radius 2 is 1.60 bits per heavy atom. The van der Waals surface area contributed by atoms with E-state index in [1.165, 1.54) is 17.5 Å². The average molecular weight is 312 g/mol. The molecule has 1 nitrogen and oxygen atoms in total. The van der Waals surface area contributed by atoms with Crippen LogP contribution in [0.25, 0.3) is 0 Å². The Hall–Kier alpha value is -1.70. The number of halogens is 6. The average Bonchev–Trinajstić information content (AvgIpc) is 2.79. The molecule has 0 fully saturated rings. The monoisotopic (exact) mass is 312 g/mol. The largest absolute Gasteiger partial charge is 0.446 e. The smallest absolute Gasteiger partial charge is 0.419 e. The molecule has 0 aliphatic heterocycles. The van der Waals surface area contributed by atoms with Crippen molar-refractivity contribution >= 4 is 11.3 Å². The molecular formula is C12H6F6OS.